The number of ether oxygens (including phenoxy) is 1. The van der Waals surface area contributed by atoms with Crippen LogP contribution in [-0.2, 0) is 30.5 Å². The van der Waals surface area contributed by atoms with E-state index in [9.17, 15) is 29.1 Å². The molecule has 2 rings (SSSR count). The molecule has 11 heteroatoms. The number of carbonyl (C=O) groups excluding carboxylic acids is 3. The van der Waals surface area contributed by atoms with Crippen LogP contribution >= 0.6 is 0 Å². The SMILES string of the molecule is C[C@@]1(C(=O)N[C@@H](CCC(=O)O)C(=O)O)CCCN1C(=O)CNC(=O)OCc1ccccc1. The fourth-order valence-corrected chi connectivity index (χ4v) is 3.46. The van der Waals surface area contributed by atoms with E-state index in [2.05, 4.69) is 10.6 Å². The minimum Gasteiger partial charge on any atom is -0.481 e. The van der Waals surface area contributed by atoms with E-state index in [1.165, 1.54) is 11.8 Å². The van der Waals surface area contributed by atoms with Gasteiger partial charge in [-0.15, -0.1) is 0 Å². The molecule has 174 valence electrons. The molecule has 32 heavy (non-hydrogen) atoms. The number of carbonyl (C=O) groups is 5. The Hall–Kier alpha value is -3.63. The van der Waals surface area contributed by atoms with Crippen molar-refractivity contribution in [2.75, 3.05) is 13.1 Å². The second kappa shape index (κ2) is 11.1. The minimum absolute atomic E-state index is 0.0393. The summed E-state index contributed by atoms with van der Waals surface area (Å²) in [5, 5.41) is 22.7. The van der Waals surface area contributed by atoms with Crippen molar-refractivity contribution in [3.8, 4) is 0 Å². The first-order chi connectivity index (χ1) is 15.1. The van der Waals surface area contributed by atoms with Gasteiger partial charge in [0.15, 0.2) is 0 Å². The van der Waals surface area contributed by atoms with Crippen LogP contribution in [0.4, 0.5) is 4.79 Å². The number of carboxylic acids is 2. The van der Waals surface area contributed by atoms with Gasteiger partial charge in [-0.25, -0.2) is 9.59 Å². The van der Waals surface area contributed by atoms with E-state index in [4.69, 9.17) is 9.84 Å². The molecule has 3 amide bonds. The third kappa shape index (κ3) is 6.69. The zero-order chi connectivity index (χ0) is 23.7. The summed E-state index contributed by atoms with van der Waals surface area (Å²) in [7, 11) is 0. The lowest BCUT2D eigenvalue weighted by Crippen LogP contribution is -2.59. The maximum absolute atomic E-state index is 12.8. The molecule has 1 saturated heterocycles. The third-order valence-electron chi connectivity index (χ3n) is 5.28. The first-order valence-electron chi connectivity index (χ1n) is 10.1. The second-order valence-corrected chi connectivity index (χ2v) is 7.63. The van der Waals surface area contributed by atoms with Crippen LogP contribution in [0.3, 0.4) is 0 Å². The fraction of sp³-hybridized carbons (Fsp3) is 0.476. The Balaban J connectivity index is 1.91. The molecule has 1 aliphatic rings. The van der Waals surface area contributed by atoms with Crippen LogP contribution in [0.1, 0.15) is 38.2 Å². The summed E-state index contributed by atoms with van der Waals surface area (Å²) in [6.07, 6.45) is -0.678. The molecule has 1 aromatic carbocycles. The summed E-state index contributed by atoms with van der Waals surface area (Å²) in [5.74, 6) is -3.75. The normalized spacial score (nSPS) is 18.5. The zero-order valence-electron chi connectivity index (χ0n) is 17.7. The van der Waals surface area contributed by atoms with Crippen molar-refractivity contribution in [1.82, 2.24) is 15.5 Å². The molecule has 1 heterocycles. The zero-order valence-corrected chi connectivity index (χ0v) is 17.7. The molecule has 1 aliphatic heterocycles. The van der Waals surface area contributed by atoms with Gasteiger partial charge in [0.2, 0.25) is 11.8 Å². The van der Waals surface area contributed by atoms with Gasteiger partial charge in [-0.1, -0.05) is 30.3 Å². The molecule has 11 nitrogen and oxygen atoms in total. The van der Waals surface area contributed by atoms with Crippen molar-refractivity contribution in [3.05, 3.63) is 35.9 Å². The van der Waals surface area contributed by atoms with Crippen molar-refractivity contribution in [2.24, 2.45) is 0 Å². The summed E-state index contributed by atoms with van der Waals surface area (Å²) < 4.78 is 5.05. The van der Waals surface area contributed by atoms with E-state index in [0.717, 1.165) is 5.56 Å². The van der Waals surface area contributed by atoms with Gasteiger partial charge in [-0.3, -0.25) is 14.4 Å². The molecule has 0 spiro atoms. The molecule has 1 fully saturated rings. The monoisotopic (exact) mass is 449 g/mol. The molecule has 1 aromatic rings. The van der Waals surface area contributed by atoms with Gasteiger partial charge in [0.25, 0.3) is 0 Å². The fourth-order valence-electron chi connectivity index (χ4n) is 3.46. The van der Waals surface area contributed by atoms with Gasteiger partial charge in [-0.2, -0.15) is 0 Å². The van der Waals surface area contributed by atoms with Crippen LogP contribution in [0.25, 0.3) is 0 Å². The van der Waals surface area contributed by atoms with E-state index >= 15 is 0 Å². The number of carboxylic acid groups (broad SMARTS) is 2. The second-order valence-electron chi connectivity index (χ2n) is 7.63. The van der Waals surface area contributed by atoms with Crippen LogP contribution in [0.2, 0.25) is 0 Å². The van der Waals surface area contributed by atoms with E-state index in [1.807, 2.05) is 6.07 Å². The standard InChI is InChI=1S/C21H27N3O8/c1-21(19(30)23-15(18(28)29)8-9-17(26)27)10-5-11-24(21)16(25)12-22-20(31)32-13-14-6-3-2-4-7-14/h2-4,6-7,15H,5,8-13H2,1H3,(H,22,31)(H,23,30)(H,26,27)(H,28,29)/t15-,21-/m0/s1. The Labute approximate surface area is 184 Å². The summed E-state index contributed by atoms with van der Waals surface area (Å²) in [4.78, 5) is 60.7. The van der Waals surface area contributed by atoms with Crippen LogP contribution < -0.4 is 10.6 Å². The molecule has 0 radical (unpaired) electrons. The summed E-state index contributed by atoms with van der Waals surface area (Å²) in [5.41, 5.74) is -0.530. The Kier molecular flexibility index (Phi) is 8.56. The van der Waals surface area contributed by atoms with E-state index < -0.39 is 54.4 Å². The number of hydrogen-bond donors (Lipinski definition) is 4. The lowest BCUT2D eigenvalue weighted by atomic mass is 9.96. The number of rotatable bonds is 10. The highest BCUT2D eigenvalue weighted by molar-refractivity contribution is 5.95. The smallest absolute Gasteiger partial charge is 0.407 e. The van der Waals surface area contributed by atoms with Gasteiger partial charge < -0.3 is 30.5 Å². The van der Waals surface area contributed by atoms with Crippen molar-refractivity contribution in [3.63, 3.8) is 0 Å². The number of hydrogen-bond acceptors (Lipinski definition) is 6. The van der Waals surface area contributed by atoms with Crippen LogP contribution in [0.15, 0.2) is 30.3 Å². The number of amides is 3. The molecule has 0 aliphatic carbocycles. The first kappa shape index (κ1) is 24.6. The molecule has 0 unspecified atom stereocenters. The minimum atomic E-state index is -1.39. The van der Waals surface area contributed by atoms with Gasteiger partial charge in [-0.05, 0) is 31.7 Å². The number of alkyl carbamates (subject to hydrolysis) is 1. The van der Waals surface area contributed by atoms with Gasteiger partial charge in [0.1, 0.15) is 24.7 Å². The van der Waals surface area contributed by atoms with Crippen molar-refractivity contribution < 1.29 is 38.9 Å². The average molecular weight is 449 g/mol. The van der Waals surface area contributed by atoms with Gasteiger partial charge in [0, 0.05) is 13.0 Å². The molecule has 0 aromatic heterocycles. The van der Waals surface area contributed by atoms with Crippen molar-refractivity contribution >= 4 is 29.8 Å². The Bertz CT molecular complexity index is 860. The largest absolute Gasteiger partial charge is 0.481 e. The van der Waals surface area contributed by atoms with Crippen LogP contribution in [0, 0.1) is 0 Å². The maximum atomic E-state index is 12.8. The number of likely N-dealkylation sites (tertiary alicyclic amines) is 1. The summed E-state index contributed by atoms with van der Waals surface area (Å²) in [6, 6.07) is 7.61. The van der Waals surface area contributed by atoms with E-state index in [-0.39, 0.29) is 19.6 Å². The Morgan fingerprint density at radius 2 is 1.84 bits per heavy atom. The average Bonchev–Trinajstić information content (AvgIpc) is 3.16. The first-order valence-corrected chi connectivity index (χ1v) is 10.1. The number of benzene rings is 1. The summed E-state index contributed by atoms with van der Waals surface area (Å²) >= 11 is 0. The highest BCUT2D eigenvalue weighted by atomic mass is 16.5. The van der Waals surface area contributed by atoms with E-state index in [1.54, 1.807) is 24.3 Å². The van der Waals surface area contributed by atoms with Gasteiger partial charge >= 0.3 is 18.0 Å². The van der Waals surface area contributed by atoms with Crippen LogP contribution in [-0.4, -0.2) is 69.6 Å². The Morgan fingerprint density at radius 3 is 2.47 bits per heavy atom. The lowest BCUT2D eigenvalue weighted by Gasteiger charge is -2.34. The molecular formula is C21H27N3O8. The van der Waals surface area contributed by atoms with Crippen molar-refractivity contribution in [1.29, 1.82) is 0 Å². The molecule has 4 N–H and O–H groups in total. The van der Waals surface area contributed by atoms with Gasteiger partial charge in [0.05, 0.1) is 0 Å². The molecule has 0 bridgehead atoms. The number of nitrogens with zero attached hydrogens (tertiary/aromatic N) is 1. The highest BCUT2D eigenvalue weighted by Crippen LogP contribution is 2.29. The maximum Gasteiger partial charge on any atom is 0.407 e. The predicted octanol–water partition coefficient (Wildman–Crippen LogP) is 0.728. The highest BCUT2D eigenvalue weighted by Gasteiger charge is 2.46. The third-order valence-corrected chi connectivity index (χ3v) is 5.28. The molecule has 2 atom stereocenters. The van der Waals surface area contributed by atoms with Crippen molar-refractivity contribution in [2.45, 2.75) is 50.8 Å². The predicted molar refractivity (Wildman–Crippen MR) is 110 cm³/mol. The summed E-state index contributed by atoms with van der Waals surface area (Å²) in [6.45, 7) is 1.42. The Morgan fingerprint density at radius 1 is 1.16 bits per heavy atom. The lowest BCUT2D eigenvalue weighted by molar-refractivity contribution is -0.147. The quantitative estimate of drug-likeness (QED) is 0.406. The topological polar surface area (TPSA) is 162 Å². The molecule has 0 saturated carbocycles. The number of nitrogens with one attached hydrogen (secondary N) is 2. The van der Waals surface area contributed by atoms with Crippen LogP contribution in [0.5, 0.6) is 0 Å². The van der Waals surface area contributed by atoms with E-state index in [0.29, 0.717) is 12.8 Å². The number of aliphatic carboxylic acids is 2. The molecular weight excluding hydrogens is 422 g/mol.